The summed E-state index contributed by atoms with van der Waals surface area (Å²) in [6, 6.07) is 0. The van der Waals surface area contributed by atoms with Crippen molar-refractivity contribution in [2.45, 2.75) is 103 Å². The first-order valence-corrected chi connectivity index (χ1v) is 17.2. The first-order valence-electron chi connectivity index (χ1n) is 17.2. The topological polar surface area (TPSA) is 207 Å². The summed E-state index contributed by atoms with van der Waals surface area (Å²) in [5.41, 5.74) is 0. The lowest BCUT2D eigenvalue weighted by atomic mass is 10.0. The number of carboxylic acid groups (broad SMARTS) is 2. The number of amides is 4. The summed E-state index contributed by atoms with van der Waals surface area (Å²) < 4.78 is 20.6. The van der Waals surface area contributed by atoms with Gasteiger partial charge in [-0.2, -0.15) is 0 Å². The molecule has 0 aromatic rings. The van der Waals surface area contributed by atoms with E-state index < -0.39 is 18.0 Å². The van der Waals surface area contributed by atoms with E-state index in [4.69, 9.17) is 24.1 Å². The van der Waals surface area contributed by atoms with Gasteiger partial charge in [-0.05, 0) is 19.3 Å². The monoisotopic (exact) mass is 688 g/mol. The molecule has 1 radical (unpaired) electrons. The van der Waals surface area contributed by atoms with Gasteiger partial charge in [0.05, 0.1) is 46.2 Å². The summed E-state index contributed by atoms with van der Waals surface area (Å²) in [7, 11) is 0. The van der Waals surface area contributed by atoms with Crippen LogP contribution >= 0.6 is 0 Å². The standard InChI is InChI=1S/C33H58N3O12/c37-20-23-47-25-24-45-21-18-35-30(39)28-48-27-26-46-22-19-36(33(43)44)31(40)15-13-17-34-29(38)14-11-9-7-5-3-1-2-4-6-8-10-12-16-32(41)42/h1-19,21-28H2,(H,34,38)(H,35,39)(H,41,42)(H,43,44). The second-order valence-electron chi connectivity index (χ2n) is 11.2. The molecule has 0 aromatic carbocycles. The zero-order valence-electron chi connectivity index (χ0n) is 28.5. The Morgan fingerprint density at radius 2 is 1.06 bits per heavy atom. The third-order valence-electron chi connectivity index (χ3n) is 7.13. The van der Waals surface area contributed by atoms with Gasteiger partial charge in [0.1, 0.15) is 13.2 Å². The molecule has 15 heteroatoms. The van der Waals surface area contributed by atoms with E-state index in [1.54, 1.807) is 6.29 Å². The fourth-order valence-corrected chi connectivity index (χ4v) is 4.54. The maximum absolute atomic E-state index is 12.3. The molecule has 0 rings (SSSR count). The number of carboxylic acids is 1. The molecule has 0 aromatic heterocycles. The summed E-state index contributed by atoms with van der Waals surface area (Å²) in [5, 5.41) is 23.4. The Hall–Kier alpha value is -3.14. The van der Waals surface area contributed by atoms with E-state index in [0.717, 1.165) is 44.9 Å². The minimum Gasteiger partial charge on any atom is -0.481 e. The molecule has 4 amide bonds. The van der Waals surface area contributed by atoms with Crippen LogP contribution in [0.25, 0.3) is 0 Å². The second kappa shape index (κ2) is 33.7. The molecule has 0 saturated heterocycles. The lowest BCUT2D eigenvalue weighted by Crippen LogP contribution is -2.38. The predicted molar refractivity (Wildman–Crippen MR) is 176 cm³/mol. The molecule has 0 spiro atoms. The van der Waals surface area contributed by atoms with Crippen molar-refractivity contribution >= 4 is 36.1 Å². The van der Waals surface area contributed by atoms with Crippen molar-refractivity contribution < 1.29 is 57.9 Å². The molecule has 4 N–H and O–H groups in total. The van der Waals surface area contributed by atoms with E-state index in [2.05, 4.69) is 10.6 Å². The molecular formula is C33H58N3O12. The highest BCUT2D eigenvalue weighted by Crippen LogP contribution is 2.13. The lowest BCUT2D eigenvalue weighted by Gasteiger charge is -2.17. The Morgan fingerprint density at radius 1 is 0.542 bits per heavy atom. The minimum atomic E-state index is -1.37. The third kappa shape index (κ3) is 31.5. The van der Waals surface area contributed by atoms with Crippen molar-refractivity contribution in [1.29, 1.82) is 0 Å². The van der Waals surface area contributed by atoms with Crippen LogP contribution in [0.4, 0.5) is 4.79 Å². The van der Waals surface area contributed by atoms with E-state index >= 15 is 0 Å². The SMILES string of the molecule is O=[C]COCCOCCNC(=O)COCCOCCN(C(=O)O)C(=O)CCCNC(=O)CCCCCCCCCCCCCCC(=O)O. The number of carbonyl (C=O) groups is 5. The minimum absolute atomic E-state index is 0.0200. The molecule has 0 aliphatic carbocycles. The third-order valence-corrected chi connectivity index (χ3v) is 7.13. The molecule has 0 unspecified atom stereocenters. The fraction of sp³-hybridized carbons (Fsp3) is 0.818. The quantitative estimate of drug-likeness (QED) is 0.0708. The molecule has 0 aliphatic rings. The van der Waals surface area contributed by atoms with Crippen LogP contribution in [0.15, 0.2) is 0 Å². The molecule has 0 heterocycles. The number of unbranched alkanes of at least 4 members (excludes halogenated alkanes) is 11. The van der Waals surface area contributed by atoms with Gasteiger partial charge < -0.3 is 39.8 Å². The highest BCUT2D eigenvalue weighted by atomic mass is 16.5. The van der Waals surface area contributed by atoms with Gasteiger partial charge in [-0.3, -0.25) is 24.0 Å². The van der Waals surface area contributed by atoms with Crippen molar-refractivity contribution in [3.63, 3.8) is 0 Å². The van der Waals surface area contributed by atoms with Crippen LogP contribution in [0.5, 0.6) is 0 Å². The van der Waals surface area contributed by atoms with Gasteiger partial charge in [0, 0.05) is 32.4 Å². The van der Waals surface area contributed by atoms with Crippen molar-refractivity contribution in [1.82, 2.24) is 15.5 Å². The zero-order chi connectivity index (χ0) is 35.5. The van der Waals surface area contributed by atoms with E-state index in [9.17, 15) is 33.9 Å². The number of nitrogens with zero attached hydrogens (tertiary/aromatic N) is 1. The molecular weight excluding hydrogens is 630 g/mol. The summed E-state index contributed by atoms with van der Waals surface area (Å²) in [5.74, 6) is -1.70. The number of aliphatic carboxylic acids is 1. The Labute approximate surface area is 284 Å². The molecule has 0 bridgehead atoms. The number of ether oxygens (including phenoxy) is 4. The Balaban J connectivity index is 3.68. The van der Waals surface area contributed by atoms with Crippen LogP contribution < -0.4 is 10.6 Å². The maximum atomic E-state index is 12.3. The number of nitrogens with one attached hydrogen (secondary N) is 2. The molecule has 0 fully saturated rings. The van der Waals surface area contributed by atoms with Crippen LogP contribution in [-0.2, 0) is 42.9 Å². The fourth-order valence-electron chi connectivity index (χ4n) is 4.54. The van der Waals surface area contributed by atoms with Gasteiger partial charge in [0.2, 0.25) is 24.0 Å². The van der Waals surface area contributed by atoms with Gasteiger partial charge in [-0.15, -0.1) is 0 Å². The van der Waals surface area contributed by atoms with Gasteiger partial charge in [-0.1, -0.05) is 64.2 Å². The number of hydrogen-bond acceptors (Lipinski definition) is 10. The summed E-state index contributed by atoms with van der Waals surface area (Å²) >= 11 is 0. The van der Waals surface area contributed by atoms with Crippen LogP contribution in [0.2, 0.25) is 0 Å². The number of hydrogen-bond donors (Lipinski definition) is 4. The van der Waals surface area contributed by atoms with E-state index in [0.29, 0.717) is 30.9 Å². The Kier molecular flexibility index (Phi) is 31.5. The normalized spacial score (nSPS) is 10.8. The predicted octanol–water partition coefficient (Wildman–Crippen LogP) is 3.23. The summed E-state index contributed by atoms with van der Waals surface area (Å²) in [6.07, 6.45) is 14.1. The van der Waals surface area contributed by atoms with E-state index in [1.807, 2.05) is 0 Å². The van der Waals surface area contributed by atoms with Gasteiger partial charge in [0.15, 0.2) is 0 Å². The van der Waals surface area contributed by atoms with Crippen LogP contribution in [0, 0.1) is 0 Å². The molecule has 0 saturated carbocycles. The Bertz CT molecular complexity index is 875. The van der Waals surface area contributed by atoms with Crippen molar-refractivity contribution in [3.8, 4) is 0 Å². The Morgan fingerprint density at radius 3 is 1.65 bits per heavy atom. The van der Waals surface area contributed by atoms with Gasteiger partial charge in [0.25, 0.3) is 0 Å². The molecule has 48 heavy (non-hydrogen) atoms. The molecule has 277 valence electrons. The zero-order valence-corrected chi connectivity index (χ0v) is 28.5. The first-order chi connectivity index (χ1) is 23.3. The maximum Gasteiger partial charge on any atom is 0.414 e. The van der Waals surface area contributed by atoms with Crippen LogP contribution in [0.1, 0.15) is 103 Å². The highest BCUT2D eigenvalue weighted by molar-refractivity contribution is 5.91. The van der Waals surface area contributed by atoms with Crippen LogP contribution in [-0.4, -0.2) is 124 Å². The van der Waals surface area contributed by atoms with E-state index in [1.165, 1.54) is 32.1 Å². The first kappa shape index (κ1) is 44.9. The second-order valence-corrected chi connectivity index (χ2v) is 11.2. The number of carbonyl (C=O) groups excluding carboxylic acids is 4. The average Bonchev–Trinajstić information content (AvgIpc) is 3.05. The highest BCUT2D eigenvalue weighted by Gasteiger charge is 2.19. The lowest BCUT2D eigenvalue weighted by molar-refractivity contribution is -0.137. The molecule has 15 nitrogen and oxygen atoms in total. The largest absolute Gasteiger partial charge is 0.481 e. The van der Waals surface area contributed by atoms with Crippen molar-refractivity contribution in [2.75, 3.05) is 72.5 Å². The number of imide groups is 1. The van der Waals surface area contributed by atoms with Crippen molar-refractivity contribution in [2.24, 2.45) is 0 Å². The van der Waals surface area contributed by atoms with Crippen molar-refractivity contribution in [3.05, 3.63) is 0 Å². The van der Waals surface area contributed by atoms with Crippen LogP contribution in [0.3, 0.4) is 0 Å². The van der Waals surface area contributed by atoms with Gasteiger partial charge >= 0.3 is 12.1 Å². The smallest absolute Gasteiger partial charge is 0.414 e. The summed E-state index contributed by atoms with van der Waals surface area (Å²) in [4.78, 5) is 68.7. The average molecular weight is 689 g/mol. The molecule has 0 aliphatic heterocycles. The van der Waals surface area contributed by atoms with Gasteiger partial charge in [-0.25, -0.2) is 9.69 Å². The molecule has 0 atom stereocenters. The summed E-state index contributed by atoms with van der Waals surface area (Å²) in [6.45, 7) is 1.19. The van der Waals surface area contributed by atoms with E-state index in [-0.39, 0.29) is 84.0 Å². The number of rotatable bonds is 35.